The van der Waals surface area contributed by atoms with Crippen LogP contribution in [0.4, 0.5) is 8.78 Å². The van der Waals surface area contributed by atoms with E-state index in [0.717, 1.165) is 32.4 Å². The molecule has 118 valence electrons. The minimum atomic E-state index is -2.66. The van der Waals surface area contributed by atoms with Crippen molar-refractivity contribution in [1.29, 1.82) is 0 Å². The van der Waals surface area contributed by atoms with Gasteiger partial charge in [-0.2, -0.15) is 0 Å². The highest BCUT2D eigenvalue weighted by atomic mass is 32.1. The van der Waals surface area contributed by atoms with Crippen molar-refractivity contribution in [3.8, 4) is 10.6 Å². The molecule has 1 aliphatic rings. The monoisotopic (exact) mass is 326 g/mol. The van der Waals surface area contributed by atoms with E-state index in [1.165, 1.54) is 11.3 Å². The summed E-state index contributed by atoms with van der Waals surface area (Å²) < 4.78 is 30.5. The van der Waals surface area contributed by atoms with Gasteiger partial charge in [0.15, 0.2) is 11.5 Å². The summed E-state index contributed by atoms with van der Waals surface area (Å²) in [5.74, 6) is 0.320. The van der Waals surface area contributed by atoms with Crippen LogP contribution < -0.4 is 0 Å². The third kappa shape index (κ3) is 2.77. The van der Waals surface area contributed by atoms with Gasteiger partial charge in [-0.1, -0.05) is 5.16 Å². The van der Waals surface area contributed by atoms with Crippen molar-refractivity contribution in [3.63, 3.8) is 0 Å². The Labute approximate surface area is 130 Å². The second kappa shape index (κ2) is 6.16. The van der Waals surface area contributed by atoms with Gasteiger partial charge < -0.3 is 9.42 Å². The van der Waals surface area contributed by atoms with E-state index in [9.17, 15) is 13.6 Å². The van der Waals surface area contributed by atoms with Gasteiger partial charge in [0.1, 0.15) is 0 Å². The Hall–Kier alpha value is -1.76. The van der Waals surface area contributed by atoms with Crippen molar-refractivity contribution in [2.75, 3.05) is 13.1 Å². The standard InChI is InChI=1S/C15H16F2N2O2S/c1-9-12(14(16)17)18-21-13(9)10-5-6-11(22-10)15(20)19-7-3-2-4-8-19/h5-6,14H,2-4,7-8H2,1H3. The van der Waals surface area contributed by atoms with Gasteiger partial charge in [-0.3, -0.25) is 4.79 Å². The lowest BCUT2D eigenvalue weighted by Crippen LogP contribution is -2.35. The number of rotatable bonds is 3. The number of thiophene rings is 1. The summed E-state index contributed by atoms with van der Waals surface area (Å²) in [7, 11) is 0. The van der Waals surface area contributed by atoms with E-state index < -0.39 is 6.43 Å². The molecule has 1 amide bonds. The lowest BCUT2D eigenvalue weighted by Gasteiger charge is -2.26. The van der Waals surface area contributed by atoms with E-state index in [-0.39, 0.29) is 11.6 Å². The van der Waals surface area contributed by atoms with Crippen LogP contribution in [0.1, 0.15) is 46.6 Å². The van der Waals surface area contributed by atoms with Crippen molar-refractivity contribution >= 4 is 17.2 Å². The Balaban J connectivity index is 1.83. The first-order valence-corrected chi connectivity index (χ1v) is 8.03. The van der Waals surface area contributed by atoms with Crippen molar-refractivity contribution in [2.24, 2.45) is 0 Å². The molecule has 0 aromatic carbocycles. The number of nitrogens with zero attached hydrogens (tertiary/aromatic N) is 2. The average molecular weight is 326 g/mol. The number of piperidine rings is 1. The van der Waals surface area contributed by atoms with Crippen LogP contribution in [0.25, 0.3) is 10.6 Å². The largest absolute Gasteiger partial charge is 0.355 e. The van der Waals surface area contributed by atoms with E-state index in [2.05, 4.69) is 5.16 Å². The summed E-state index contributed by atoms with van der Waals surface area (Å²) in [5, 5.41) is 3.42. The van der Waals surface area contributed by atoms with Gasteiger partial charge in [0.25, 0.3) is 12.3 Å². The molecule has 2 aromatic heterocycles. The Bertz CT molecular complexity index is 675. The van der Waals surface area contributed by atoms with Gasteiger partial charge >= 0.3 is 0 Å². The van der Waals surface area contributed by atoms with E-state index in [1.807, 2.05) is 4.90 Å². The lowest BCUT2D eigenvalue weighted by molar-refractivity contribution is 0.0729. The zero-order chi connectivity index (χ0) is 15.7. The molecule has 0 spiro atoms. The fourth-order valence-corrected chi connectivity index (χ4v) is 3.62. The summed E-state index contributed by atoms with van der Waals surface area (Å²) >= 11 is 1.26. The van der Waals surface area contributed by atoms with Gasteiger partial charge in [0.2, 0.25) is 0 Å². The van der Waals surface area contributed by atoms with Crippen LogP contribution in [0.15, 0.2) is 16.7 Å². The van der Waals surface area contributed by atoms with Crippen LogP contribution in [0.2, 0.25) is 0 Å². The first-order chi connectivity index (χ1) is 10.6. The number of aromatic nitrogens is 1. The van der Waals surface area contributed by atoms with E-state index in [1.54, 1.807) is 19.1 Å². The Morgan fingerprint density at radius 1 is 1.32 bits per heavy atom. The Morgan fingerprint density at radius 3 is 2.68 bits per heavy atom. The number of amides is 1. The molecule has 3 rings (SSSR count). The predicted molar refractivity (Wildman–Crippen MR) is 79.3 cm³/mol. The van der Waals surface area contributed by atoms with Crippen molar-refractivity contribution in [1.82, 2.24) is 10.1 Å². The molecule has 0 atom stereocenters. The fraction of sp³-hybridized carbons (Fsp3) is 0.467. The minimum Gasteiger partial charge on any atom is -0.355 e. The molecule has 0 N–H and O–H groups in total. The van der Waals surface area contributed by atoms with Crippen LogP contribution in [0, 0.1) is 6.92 Å². The molecule has 1 saturated heterocycles. The average Bonchev–Trinajstić information content (AvgIpc) is 3.13. The van der Waals surface area contributed by atoms with Crippen molar-refractivity contribution in [3.05, 3.63) is 28.3 Å². The molecule has 0 saturated carbocycles. The van der Waals surface area contributed by atoms with Gasteiger partial charge in [0, 0.05) is 18.7 Å². The molecule has 4 nitrogen and oxygen atoms in total. The van der Waals surface area contributed by atoms with Gasteiger partial charge in [-0.05, 0) is 38.3 Å². The van der Waals surface area contributed by atoms with Crippen LogP contribution in [-0.2, 0) is 0 Å². The van der Waals surface area contributed by atoms with Crippen molar-refractivity contribution < 1.29 is 18.1 Å². The van der Waals surface area contributed by atoms with Crippen LogP contribution >= 0.6 is 11.3 Å². The second-order valence-corrected chi connectivity index (χ2v) is 6.42. The summed E-state index contributed by atoms with van der Waals surface area (Å²) in [6, 6.07) is 3.45. The Morgan fingerprint density at radius 2 is 2.05 bits per heavy atom. The molecule has 22 heavy (non-hydrogen) atoms. The number of alkyl halides is 2. The maximum absolute atomic E-state index is 12.8. The number of hydrogen-bond donors (Lipinski definition) is 0. The highest BCUT2D eigenvalue weighted by Gasteiger charge is 2.24. The highest BCUT2D eigenvalue weighted by molar-refractivity contribution is 7.17. The quantitative estimate of drug-likeness (QED) is 0.846. The van der Waals surface area contributed by atoms with Crippen LogP contribution in [0.3, 0.4) is 0 Å². The number of likely N-dealkylation sites (tertiary alicyclic amines) is 1. The van der Waals surface area contributed by atoms with Crippen LogP contribution in [-0.4, -0.2) is 29.1 Å². The number of carbonyl (C=O) groups excluding carboxylic acids is 1. The molecule has 3 heterocycles. The first-order valence-electron chi connectivity index (χ1n) is 7.21. The molecule has 0 radical (unpaired) electrons. The van der Waals surface area contributed by atoms with Crippen molar-refractivity contribution in [2.45, 2.75) is 32.6 Å². The zero-order valence-corrected chi connectivity index (χ0v) is 13.0. The SMILES string of the molecule is Cc1c(C(F)F)noc1-c1ccc(C(=O)N2CCCCC2)s1. The first kappa shape index (κ1) is 15.1. The maximum atomic E-state index is 12.8. The smallest absolute Gasteiger partial charge is 0.284 e. The minimum absolute atomic E-state index is 0.00204. The fourth-order valence-electron chi connectivity index (χ4n) is 2.61. The lowest BCUT2D eigenvalue weighted by atomic mass is 10.1. The number of hydrogen-bond acceptors (Lipinski definition) is 4. The zero-order valence-electron chi connectivity index (χ0n) is 12.1. The molecule has 1 aliphatic heterocycles. The third-order valence-corrected chi connectivity index (χ3v) is 4.92. The van der Waals surface area contributed by atoms with E-state index >= 15 is 0 Å². The normalized spacial score (nSPS) is 15.5. The highest BCUT2D eigenvalue weighted by Crippen LogP contribution is 2.35. The number of carbonyl (C=O) groups is 1. The molecular formula is C15H16F2N2O2S. The molecule has 0 aliphatic carbocycles. The molecule has 0 bridgehead atoms. The summed E-state index contributed by atoms with van der Waals surface area (Å²) in [5.41, 5.74) is -0.0128. The van der Waals surface area contributed by atoms with Crippen LogP contribution in [0.5, 0.6) is 0 Å². The predicted octanol–water partition coefficient (Wildman–Crippen LogP) is 4.28. The third-order valence-electron chi connectivity index (χ3n) is 3.85. The van der Waals surface area contributed by atoms with E-state index in [0.29, 0.717) is 21.1 Å². The second-order valence-electron chi connectivity index (χ2n) is 5.34. The molecular weight excluding hydrogens is 310 g/mol. The summed E-state index contributed by atoms with van der Waals surface area (Å²) in [4.78, 5) is 15.5. The maximum Gasteiger partial charge on any atom is 0.284 e. The number of halogens is 2. The molecule has 0 unspecified atom stereocenters. The van der Waals surface area contributed by atoms with Gasteiger partial charge in [0.05, 0.1) is 9.75 Å². The van der Waals surface area contributed by atoms with Gasteiger partial charge in [-0.15, -0.1) is 11.3 Å². The summed E-state index contributed by atoms with van der Waals surface area (Å²) in [6.07, 6.45) is 0.561. The Kier molecular flexibility index (Phi) is 4.24. The topological polar surface area (TPSA) is 46.3 Å². The van der Waals surface area contributed by atoms with E-state index in [4.69, 9.17) is 4.52 Å². The molecule has 2 aromatic rings. The molecule has 1 fully saturated rings. The molecule has 7 heteroatoms. The van der Waals surface area contributed by atoms with Gasteiger partial charge in [-0.25, -0.2) is 8.78 Å². The summed E-state index contributed by atoms with van der Waals surface area (Å²) in [6.45, 7) is 3.12.